The predicted molar refractivity (Wildman–Crippen MR) is 88.1 cm³/mol. The van der Waals surface area contributed by atoms with Crippen molar-refractivity contribution in [1.29, 1.82) is 0 Å². The van der Waals surface area contributed by atoms with Crippen LogP contribution in [0.3, 0.4) is 0 Å². The van der Waals surface area contributed by atoms with Gasteiger partial charge in [0, 0.05) is 18.3 Å². The highest BCUT2D eigenvalue weighted by atomic mass is 32.2. The van der Waals surface area contributed by atoms with Gasteiger partial charge in [-0.1, -0.05) is 0 Å². The van der Waals surface area contributed by atoms with Crippen molar-refractivity contribution in [1.82, 2.24) is 9.71 Å². The van der Waals surface area contributed by atoms with Crippen molar-refractivity contribution in [3.63, 3.8) is 0 Å². The summed E-state index contributed by atoms with van der Waals surface area (Å²) in [5.41, 5.74) is 4.12. The molecule has 0 saturated heterocycles. The fourth-order valence-corrected chi connectivity index (χ4v) is 4.05. The lowest BCUT2D eigenvalue weighted by molar-refractivity contribution is 0.337. The van der Waals surface area contributed by atoms with Gasteiger partial charge in [-0.15, -0.1) is 11.3 Å². The molecular weight excluding hydrogens is 320 g/mol. The van der Waals surface area contributed by atoms with Crippen LogP contribution in [0.25, 0.3) is 0 Å². The molecule has 7 heteroatoms. The van der Waals surface area contributed by atoms with E-state index in [1.807, 2.05) is 19.2 Å². The quantitative estimate of drug-likeness (QED) is 0.841. The number of nitrogens with zero attached hydrogens (tertiary/aromatic N) is 1. The van der Waals surface area contributed by atoms with Gasteiger partial charge in [0.15, 0.2) is 0 Å². The van der Waals surface area contributed by atoms with E-state index in [1.165, 1.54) is 11.3 Å². The first-order valence-corrected chi connectivity index (χ1v) is 9.47. The number of rotatable bonds is 7. The smallest absolute Gasteiger partial charge is 0.240 e. The molecule has 0 aliphatic heterocycles. The molecule has 0 fully saturated rings. The first-order chi connectivity index (χ1) is 10.4. The summed E-state index contributed by atoms with van der Waals surface area (Å²) in [5.74, 6) is 0.724. The van der Waals surface area contributed by atoms with Crippen molar-refractivity contribution in [3.8, 4) is 5.75 Å². The number of aromatic nitrogens is 1. The standard InChI is InChI=1S/C15H20N2O3S2/c1-4-20-14-7-12(3)15(8-11(14)2)22(18,19)17-6-5-13-9-21-10-16-13/h7-10,17H,4-6H2,1-3H3. The largest absolute Gasteiger partial charge is 0.494 e. The van der Waals surface area contributed by atoms with Gasteiger partial charge in [-0.05, 0) is 44.0 Å². The minimum atomic E-state index is -3.53. The molecule has 1 aromatic carbocycles. The molecule has 22 heavy (non-hydrogen) atoms. The normalized spacial score (nSPS) is 11.6. The van der Waals surface area contributed by atoms with E-state index in [2.05, 4.69) is 9.71 Å². The van der Waals surface area contributed by atoms with Crippen molar-refractivity contribution < 1.29 is 13.2 Å². The Morgan fingerprint density at radius 2 is 2.05 bits per heavy atom. The van der Waals surface area contributed by atoms with E-state index in [1.54, 1.807) is 24.6 Å². The van der Waals surface area contributed by atoms with Crippen LogP contribution in [-0.4, -0.2) is 26.6 Å². The molecule has 1 aromatic heterocycles. The lowest BCUT2D eigenvalue weighted by atomic mass is 10.1. The Bertz CT molecular complexity index is 725. The molecule has 2 aromatic rings. The molecule has 0 spiro atoms. The van der Waals surface area contributed by atoms with Crippen LogP contribution < -0.4 is 9.46 Å². The first-order valence-electron chi connectivity index (χ1n) is 7.05. The molecular formula is C15H20N2O3S2. The molecule has 0 unspecified atom stereocenters. The highest BCUT2D eigenvalue weighted by Crippen LogP contribution is 2.25. The topological polar surface area (TPSA) is 68.3 Å². The third kappa shape index (κ3) is 4.06. The number of sulfonamides is 1. The van der Waals surface area contributed by atoms with Crippen LogP contribution in [0.4, 0.5) is 0 Å². The van der Waals surface area contributed by atoms with Gasteiger partial charge in [0.2, 0.25) is 10.0 Å². The van der Waals surface area contributed by atoms with Crippen LogP contribution in [-0.2, 0) is 16.4 Å². The average molecular weight is 340 g/mol. The monoisotopic (exact) mass is 340 g/mol. The van der Waals surface area contributed by atoms with Crippen LogP contribution >= 0.6 is 11.3 Å². The molecule has 0 aliphatic carbocycles. The van der Waals surface area contributed by atoms with Crippen LogP contribution in [0.5, 0.6) is 5.75 Å². The molecule has 0 aliphatic rings. The number of ether oxygens (including phenoxy) is 1. The van der Waals surface area contributed by atoms with Gasteiger partial charge in [0.25, 0.3) is 0 Å². The second kappa shape index (κ2) is 7.21. The van der Waals surface area contributed by atoms with Gasteiger partial charge in [0.05, 0.1) is 22.7 Å². The van der Waals surface area contributed by atoms with E-state index >= 15 is 0 Å². The number of aryl methyl sites for hydroxylation is 2. The summed E-state index contributed by atoms with van der Waals surface area (Å²) in [6.45, 7) is 6.41. The van der Waals surface area contributed by atoms with E-state index in [0.29, 0.717) is 30.0 Å². The van der Waals surface area contributed by atoms with Gasteiger partial charge < -0.3 is 4.74 Å². The Kier molecular flexibility index (Phi) is 5.55. The van der Waals surface area contributed by atoms with E-state index in [0.717, 1.165) is 17.0 Å². The van der Waals surface area contributed by atoms with E-state index in [9.17, 15) is 8.42 Å². The summed E-state index contributed by atoms with van der Waals surface area (Å²) in [6, 6.07) is 3.43. The molecule has 120 valence electrons. The van der Waals surface area contributed by atoms with Gasteiger partial charge in [-0.2, -0.15) is 0 Å². The summed E-state index contributed by atoms with van der Waals surface area (Å²) in [4.78, 5) is 4.44. The highest BCUT2D eigenvalue weighted by Gasteiger charge is 2.18. The SMILES string of the molecule is CCOc1cc(C)c(S(=O)(=O)NCCc2cscn2)cc1C. The van der Waals surface area contributed by atoms with Crippen LogP contribution in [0, 0.1) is 13.8 Å². The van der Waals surface area contributed by atoms with Gasteiger partial charge >= 0.3 is 0 Å². The maximum Gasteiger partial charge on any atom is 0.240 e. The Morgan fingerprint density at radius 3 is 2.68 bits per heavy atom. The van der Waals surface area contributed by atoms with E-state index in [4.69, 9.17) is 4.74 Å². The van der Waals surface area contributed by atoms with Crippen molar-refractivity contribution in [2.75, 3.05) is 13.2 Å². The maximum absolute atomic E-state index is 12.4. The zero-order chi connectivity index (χ0) is 16.2. The molecule has 0 saturated carbocycles. The molecule has 0 bridgehead atoms. The van der Waals surface area contributed by atoms with Crippen molar-refractivity contribution in [3.05, 3.63) is 39.8 Å². The number of nitrogens with one attached hydrogen (secondary N) is 1. The van der Waals surface area contributed by atoms with Crippen LogP contribution in [0.2, 0.25) is 0 Å². The number of thiazole rings is 1. The van der Waals surface area contributed by atoms with Crippen LogP contribution in [0.1, 0.15) is 23.7 Å². The Morgan fingerprint density at radius 1 is 1.27 bits per heavy atom. The van der Waals surface area contributed by atoms with E-state index < -0.39 is 10.0 Å². The first kappa shape index (κ1) is 16.9. The summed E-state index contributed by atoms with van der Waals surface area (Å²) < 4.78 is 33.0. The second-order valence-electron chi connectivity index (χ2n) is 4.94. The Hall–Kier alpha value is -1.44. The van der Waals surface area contributed by atoms with Gasteiger partial charge in [-0.25, -0.2) is 18.1 Å². The maximum atomic E-state index is 12.4. The third-order valence-electron chi connectivity index (χ3n) is 3.22. The van der Waals surface area contributed by atoms with Crippen molar-refractivity contribution in [2.24, 2.45) is 0 Å². The molecule has 2 rings (SSSR count). The second-order valence-corrected chi connectivity index (χ2v) is 7.40. The lowest BCUT2D eigenvalue weighted by Gasteiger charge is -2.13. The van der Waals surface area contributed by atoms with Gasteiger partial charge in [-0.3, -0.25) is 0 Å². The zero-order valence-electron chi connectivity index (χ0n) is 12.9. The zero-order valence-corrected chi connectivity index (χ0v) is 14.6. The number of benzene rings is 1. The molecule has 0 radical (unpaired) electrons. The molecule has 0 atom stereocenters. The van der Waals surface area contributed by atoms with Crippen molar-refractivity contribution >= 4 is 21.4 Å². The minimum absolute atomic E-state index is 0.298. The van der Waals surface area contributed by atoms with Gasteiger partial charge in [0.1, 0.15) is 5.75 Å². The minimum Gasteiger partial charge on any atom is -0.494 e. The molecule has 5 nitrogen and oxygen atoms in total. The van der Waals surface area contributed by atoms with E-state index in [-0.39, 0.29) is 0 Å². The number of hydrogen-bond donors (Lipinski definition) is 1. The highest BCUT2D eigenvalue weighted by molar-refractivity contribution is 7.89. The average Bonchev–Trinajstić information content (AvgIpc) is 2.95. The summed E-state index contributed by atoms with van der Waals surface area (Å²) in [7, 11) is -3.53. The summed E-state index contributed by atoms with van der Waals surface area (Å²) in [5, 5.41) is 1.92. The lowest BCUT2D eigenvalue weighted by Crippen LogP contribution is -2.26. The number of hydrogen-bond acceptors (Lipinski definition) is 5. The fraction of sp³-hybridized carbons (Fsp3) is 0.400. The predicted octanol–water partition coefficient (Wildman–Crippen LogP) is 2.68. The fourth-order valence-electron chi connectivity index (χ4n) is 2.12. The van der Waals surface area contributed by atoms with Crippen LogP contribution in [0.15, 0.2) is 27.9 Å². The Balaban J connectivity index is 2.13. The van der Waals surface area contributed by atoms with Crippen molar-refractivity contribution in [2.45, 2.75) is 32.1 Å². The summed E-state index contributed by atoms with van der Waals surface area (Å²) >= 11 is 1.50. The Labute approximate surface area is 135 Å². The molecule has 1 heterocycles. The summed E-state index contributed by atoms with van der Waals surface area (Å²) in [6.07, 6.45) is 0.581. The molecule has 0 amide bonds. The third-order valence-corrected chi connectivity index (χ3v) is 5.46. The molecule has 1 N–H and O–H groups in total.